The molecule has 4 heterocycles. The SMILES string of the molecule is Cc1ccc2c(c1)C1(C(=O)N2)C(C(=O)c2ccc3c(c2)OCO3)C(c2ccccc2)C2CSCN21. The molecule has 4 atom stereocenters. The average Bonchev–Trinajstić information content (AvgIpc) is 3.63. The van der Waals surface area contributed by atoms with Gasteiger partial charge in [0, 0.05) is 40.4 Å². The maximum atomic E-state index is 14.6. The number of amides is 1. The number of fused-ring (bicyclic) bond motifs is 5. The van der Waals surface area contributed by atoms with Crippen LogP contribution in [0.5, 0.6) is 11.5 Å². The van der Waals surface area contributed by atoms with Crippen molar-refractivity contribution in [3.05, 3.63) is 89.0 Å². The maximum absolute atomic E-state index is 14.6. The first-order valence-corrected chi connectivity index (χ1v) is 13.0. The van der Waals surface area contributed by atoms with Crippen molar-refractivity contribution in [2.24, 2.45) is 5.92 Å². The summed E-state index contributed by atoms with van der Waals surface area (Å²) in [6.45, 7) is 2.18. The van der Waals surface area contributed by atoms with Crippen LogP contribution in [0.1, 0.15) is 33.0 Å². The number of rotatable bonds is 3. The minimum absolute atomic E-state index is 0.0407. The second-order valence-corrected chi connectivity index (χ2v) is 10.7. The lowest BCUT2D eigenvalue weighted by atomic mass is 9.69. The van der Waals surface area contributed by atoms with Crippen LogP contribution >= 0.6 is 11.8 Å². The Labute approximate surface area is 207 Å². The third-order valence-electron chi connectivity index (χ3n) is 7.90. The van der Waals surface area contributed by atoms with Crippen LogP contribution in [0.25, 0.3) is 0 Å². The minimum atomic E-state index is -1.07. The predicted molar refractivity (Wildman–Crippen MR) is 134 cm³/mol. The number of Topliss-reactive ketones (excluding diaryl/α,β-unsaturated/α-hetero) is 1. The topological polar surface area (TPSA) is 67.9 Å². The number of nitrogens with one attached hydrogen (secondary N) is 1. The highest BCUT2D eigenvalue weighted by molar-refractivity contribution is 7.99. The van der Waals surface area contributed by atoms with E-state index in [1.54, 1.807) is 18.2 Å². The largest absolute Gasteiger partial charge is 0.454 e. The standard InChI is InChI=1S/C28H24N2O4S/c1-16-7-9-20-19(11-16)28(27(32)29-20)25(26(31)18-8-10-22-23(12-18)34-15-33-22)24(17-5-3-2-4-6-17)21-13-35-14-30(21)28/h2-12,21,24-25H,13-15H2,1H3,(H,29,32). The molecular formula is C28H24N2O4S. The molecule has 0 aromatic heterocycles. The van der Waals surface area contributed by atoms with E-state index in [-0.39, 0.29) is 30.4 Å². The summed E-state index contributed by atoms with van der Waals surface area (Å²) in [7, 11) is 0. The molecule has 3 aromatic rings. The van der Waals surface area contributed by atoms with E-state index in [0.29, 0.717) is 22.9 Å². The van der Waals surface area contributed by atoms with E-state index >= 15 is 0 Å². The number of benzene rings is 3. The number of hydrogen-bond donors (Lipinski definition) is 1. The summed E-state index contributed by atoms with van der Waals surface area (Å²) in [5.74, 6) is 1.94. The average molecular weight is 485 g/mol. The zero-order valence-electron chi connectivity index (χ0n) is 19.2. The number of carbonyl (C=O) groups excluding carboxylic acids is 2. The van der Waals surface area contributed by atoms with Gasteiger partial charge in [0.2, 0.25) is 12.7 Å². The summed E-state index contributed by atoms with van der Waals surface area (Å²) in [6, 6.07) is 21.7. The number of aryl methyl sites for hydroxylation is 1. The van der Waals surface area contributed by atoms with Gasteiger partial charge >= 0.3 is 0 Å². The Morgan fingerprint density at radius 3 is 2.74 bits per heavy atom. The van der Waals surface area contributed by atoms with Crippen LogP contribution in [0.15, 0.2) is 66.7 Å². The molecule has 3 aromatic carbocycles. The van der Waals surface area contributed by atoms with Crippen LogP contribution in [-0.2, 0) is 10.3 Å². The predicted octanol–water partition coefficient (Wildman–Crippen LogP) is 4.54. The van der Waals surface area contributed by atoms with E-state index in [2.05, 4.69) is 28.4 Å². The quantitative estimate of drug-likeness (QED) is 0.551. The van der Waals surface area contributed by atoms with Crippen molar-refractivity contribution < 1.29 is 19.1 Å². The van der Waals surface area contributed by atoms with E-state index in [1.807, 2.05) is 49.0 Å². The zero-order valence-corrected chi connectivity index (χ0v) is 20.0. The van der Waals surface area contributed by atoms with Gasteiger partial charge < -0.3 is 14.8 Å². The van der Waals surface area contributed by atoms with E-state index in [9.17, 15) is 9.59 Å². The molecule has 0 saturated carbocycles. The highest BCUT2D eigenvalue weighted by Crippen LogP contribution is 2.61. The lowest BCUT2D eigenvalue weighted by Gasteiger charge is -2.36. The molecule has 7 heteroatoms. The fraction of sp³-hybridized carbons (Fsp3) is 0.286. The van der Waals surface area contributed by atoms with E-state index < -0.39 is 11.5 Å². The Morgan fingerprint density at radius 2 is 1.89 bits per heavy atom. The second kappa shape index (κ2) is 7.60. The normalized spacial score (nSPS) is 28.3. The lowest BCUT2D eigenvalue weighted by molar-refractivity contribution is -0.127. The van der Waals surface area contributed by atoms with Crippen molar-refractivity contribution in [1.82, 2.24) is 4.90 Å². The molecule has 2 saturated heterocycles. The minimum Gasteiger partial charge on any atom is -0.454 e. The van der Waals surface area contributed by atoms with Gasteiger partial charge in [0.05, 0.1) is 5.92 Å². The van der Waals surface area contributed by atoms with Gasteiger partial charge in [0.25, 0.3) is 0 Å². The number of anilines is 1. The molecule has 0 bridgehead atoms. The van der Waals surface area contributed by atoms with Gasteiger partial charge in [0.15, 0.2) is 17.3 Å². The fourth-order valence-corrected chi connectivity index (χ4v) is 7.79. The number of nitrogens with zero attached hydrogens (tertiary/aromatic N) is 1. The lowest BCUT2D eigenvalue weighted by Crippen LogP contribution is -2.52. The van der Waals surface area contributed by atoms with Crippen molar-refractivity contribution >= 4 is 29.1 Å². The van der Waals surface area contributed by atoms with Gasteiger partial charge in [0.1, 0.15) is 5.54 Å². The highest BCUT2D eigenvalue weighted by Gasteiger charge is 2.69. The second-order valence-electron chi connectivity index (χ2n) is 9.65. The molecule has 4 unspecified atom stereocenters. The summed E-state index contributed by atoms with van der Waals surface area (Å²) >= 11 is 1.83. The summed E-state index contributed by atoms with van der Waals surface area (Å²) < 4.78 is 11.1. The fourth-order valence-electron chi connectivity index (χ4n) is 6.47. The van der Waals surface area contributed by atoms with Crippen LogP contribution in [0.2, 0.25) is 0 Å². The maximum Gasteiger partial charge on any atom is 0.250 e. The molecule has 4 aliphatic rings. The van der Waals surface area contributed by atoms with Crippen molar-refractivity contribution in [2.45, 2.75) is 24.4 Å². The third-order valence-corrected chi connectivity index (χ3v) is 8.94. The number of thioether (sulfide) groups is 1. The van der Waals surface area contributed by atoms with Crippen LogP contribution in [0.3, 0.4) is 0 Å². The Balaban J connectivity index is 1.47. The number of hydrogen-bond acceptors (Lipinski definition) is 6. The van der Waals surface area contributed by atoms with E-state index in [0.717, 1.165) is 28.1 Å². The molecule has 7 rings (SSSR count). The zero-order chi connectivity index (χ0) is 23.7. The van der Waals surface area contributed by atoms with Crippen LogP contribution in [-0.4, -0.2) is 41.1 Å². The molecule has 176 valence electrons. The molecule has 4 aliphatic heterocycles. The highest BCUT2D eigenvalue weighted by atomic mass is 32.2. The first-order chi connectivity index (χ1) is 17.1. The first-order valence-electron chi connectivity index (χ1n) is 11.8. The molecule has 6 nitrogen and oxygen atoms in total. The van der Waals surface area contributed by atoms with Gasteiger partial charge in [-0.25, -0.2) is 0 Å². The number of ketones is 1. The Hall–Kier alpha value is -3.29. The molecule has 35 heavy (non-hydrogen) atoms. The van der Waals surface area contributed by atoms with Crippen molar-refractivity contribution in [3.63, 3.8) is 0 Å². The molecule has 0 aliphatic carbocycles. The van der Waals surface area contributed by atoms with E-state index in [4.69, 9.17) is 9.47 Å². The van der Waals surface area contributed by atoms with Gasteiger partial charge in [-0.05, 0) is 36.8 Å². The monoisotopic (exact) mass is 484 g/mol. The van der Waals surface area contributed by atoms with E-state index in [1.165, 1.54) is 0 Å². The number of carbonyl (C=O) groups is 2. The molecule has 1 amide bonds. The van der Waals surface area contributed by atoms with Crippen LogP contribution < -0.4 is 14.8 Å². The van der Waals surface area contributed by atoms with Crippen molar-refractivity contribution in [1.29, 1.82) is 0 Å². The molecule has 0 radical (unpaired) electrons. The van der Waals surface area contributed by atoms with Gasteiger partial charge in [-0.2, -0.15) is 0 Å². The molecule has 2 fully saturated rings. The van der Waals surface area contributed by atoms with Gasteiger partial charge in [-0.15, -0.1) is 11.8 Å². The smallest absolute Gasteiger partial charge is 0.250 e. The summed E-state index contributed by atoms with van der Waals surface area (Å²) in [4.78, 5) is 30.9. The molecule has 1 spiro atoms. The van der Waals surface area contributed by atoms with Crippen LogP contribution in [0.4, 0.5) is 5.69 Å². The Morgan fingerprint density at radius 1 is 1.06 bits per heavy atom. The van der Waals surface area contributed by atoms with Gasteiger partial charge in [-0.3, -0.25) is 14.5 Å². The summed E-state index contributed by atoms with van der Waals surface area (Å²) in [6.07, 6.45) is 0. The molecular weight excluding hydrogens is 460 g/mol. The summed E-state index contributed by atoms with van der Waals surface area (Å²) in [5.41, 5.74) is 3.35. The Kier molecular flexibility index (Phi) is 4.57. The van der Waals surface area contributed by atoms with Crippen molar-refractivity contribution in [3.8, 4) is 11.5 Å². The molecule has 1 N–H and O–H groups in total. The number of ether oxygens (including phenoxy) is 2. The van der Waals surface area contributed by atoms with Gasteiger partial charge in [-0.1, -0.05) is 48.0 Å². The summed E-state index contributed by atoms with van der Waals surface area (Å²) in [5, 5.41) is 3.13. The van der Waals surface area contributed by atoms with Crippen LogP contribution in [0, 0.1) is 12.8 Å². The Bertz CT molecular complexity index is 1380. The first kappa shape index (κ1) is 21.0. The third kappa shape index (κ3) is 2.82. The van der Waals surface area contributed by atoms with Crippen molar-refractivity contribution in [2.75, 3.05) is 23.7 Å².